The molecule has 0 aliphatic carbocycles. The number of hydrogen-bond acceptors (Lipinski definition) is 8. The number of aliphatic hydroxyl groups is 2. The number of aliphatic hydroxyl groups excluding tert-OH is 2. The van der Waals surface area contributed by atoms with Gasteiger partial charge < -0.3 is 29.2 Å². The number of rotatable bonds is 8. The van der Waals surface area contributed by atoms with Gasteiger partial charge in [0.05, 0.1) is 24.2 Å². The lowest BCUT2D eigenvalue weighted by Crippen LogP contribution is -2.33. The van der Waals surface area contributed by atoms with Crippen molar-refractivity contribution in [2.45, 2.75) is 26.2 Å². The molecule has 36 heavy (non-hydrogen) atoms. The Morgan fingerprint density at radius 1 is 1.06 bits per heavy atom. The van der Waals surface area contributed by atoms with E-state index in [1.54, 1.807) is 52.7 Å². The van der Waals surface area contributed by atoms with Crippen LogP contribution in [-0.2, 0) is 24.6 Å². The first-order chi connectivity index (χ1) is 17.5. The summed E-state index contributed by atoms with van der Waals surface area (Å²) in [6.45, 7) is 0.181. The van der Waals surface area contributed by atoms with Crippen molar-refractivity contribution in [3.63, 3.8) is 0 Å². The number of carbonyl (C=O) groups excluding carboxylic acids is 1. The van der Waals surface area contributed by atoms with E-state index in [1.165, 1.54) is 0 Å². The van der Waals surface area contributed by atoms with Gasteiger partial charge >= 0.3 is 0 Å². The van der Waals surface area contributed by atoms with Gasteiger partial charge in [0.25, 0.3) is 5.56 Å². The molecular formula is C26H27N3O6S. The molecule has 3 heterocycles. The topological polar surface area (TPSA) is 114 Å². The van der Waals surface area contributed by atoms with E-state index in [1.807, 2.05) is 12.3 Å². The molecule has 0 radical (unpaired) electrons. The number of ether oxygens (including phenoxy) is 2. The second kappa shape index (κ2) is 9.96. The maximum atomic E-state index is 13.9. The summed E-state index contributed by atoms with van der Waals surface area (Å²) in [5.74, 6) is 1.93. The lowest BCUT2D eigenvalue weighted by atomic mass is 9.98. The first-order valence-corrected chi connectivity index (χ1v) is 13.0. The Hall–Kier alpha value is -3.34. The van der Waals surface area contributed by atoms with Gasteiger partial charge in [-0.15, -0.1) is 0 Å². The van der Waals surface area contributed by atoms with Crippen LogP contribution in [-0.4, -0.2) is 63.0 Å². The zero-order valence-electron chi connectivity index (χ0n) is 20.1. The van der Waals surface area contributed by atoms with E-state index >= 15 is 0 Å². The number of nitrogens with zero attached hydrogens (tertiary/aromatic N) is 3. The summed E-state index contributed by atoms with van der Waals surface area (Å²) in [6.07, 6.45) is 4.11. The number of benzene rings is 2. The molecule has 0 saturated carbocycles. The lowest BCUT2D eigenvalue weighted by Gasteiger charge is -2.20. The summed E-state index contributed by atoms with van der Waals surface area (Å²) in [5, 5.41) is 22.2. The van der Waals surface area contributed by atoms with E-state index in [4.69, 9.17) is 9.47 Å². The first kappa shape index (κ1) is 24.4. The fourth-order valence-electron chi connectivity index (χ4n) is 4.65. The second-order valence-corrected chi connectivity index (χ2v) is 9.73. The third-order valence-electron chi connectivity index (χ3n) is 6.65. The molecule has 0 fully saturated rings. The molecule has 2 N–H and O–H groups in total. The van der Waals surface area contributed by atoms with Crippen LogP contribution < -0.4 is 15.0 Å². The molecular weight excluding hydrogens is 482 g/mol. The van der Waals surface area contributed by atoms with Crippen LogP contribution in [0.5, 0.6) is 11.5 Å². The smallest absolute Gasteiger partial charge is 0.259 e. The molecule has 5 rings (SSSR count). The number of likely N-dealkylation sites (N-methyl/N-ethyl adjacent to an activating group) is 1. The van der Waals surface area contributed by atoms with Crippen LogP contribution in [0.4, 0.5) is 0 Å². The number of aromatic nitrogens is 2. The lowest BCUT2D eigenvalue weighted by molar-refractivity contribution is -0.129. The Balaban J connectivity index is 1.75. The summed E-state index contributed by atoms with van der Waals surface area (Å²) in [7, 11) is 1.74. The predicted octanol–water partition coefficient (Wildman–Crippen LogP) is 2.63. The molecule has 0 atom stereocenters. The average Bonchev–Trinajstić information content (AvgIpc) is 3.36. The van der Waals surface area contributed by atoms with E-state index in [-0.39, 0.29) is 38.0 Å². The molecule has 1 amide bonds. The van der Waals surface area contributed by atoms with Gasteiger partial charge in [-0.05, 0) is 41.0 Å². The van der Waals surface area contributed by atoms with Crippen LogP contribution >= 0.6 is 11.8 Å². The molecule has 0 unspecified atom stereocenters. The highest BCUT2D eigenvalue weighted by Gasteiger charge is 2.21. The summed E-state index contributed by atoms with van der Waals surface area (Å²) >= 11 is 1.62. The SMILES string of the molecule is CSCCC(=O)N(C)CCn1c(=O)c2cc(CO)c(CO)cc2c2cnc3cc4c(cc3c21)OCO4. The summed E-state index contributed by atoms with van der Waals surface area (Å²) in [6, 6.07) is 7.00. The van der Waals surface area contributed by atoms with Crippen LogP contribution in [0.15, 0.2) is 35.3 Å². The van der Waals surface area contributed by atoms with E-state index in [0.717, 1.165) is 16.5 Å². The summed E-state index contributed by atoms with van der Waals surface area (Å²) in [5.41, 5.74) is 2.12. The number of fused-ring (bicyclic) bond motifs is 6. The van der Waals surface area contributed by atoms with E-state index < -0.39 is 0 Å². The summed E-state index contributed by atoms with van der Waals surface area (Å²) in [4.78, 5) is 32.7. The van der Waals surface area contributed by atoms with Crippen molar-refractivity contribution in [2.24, 2.45) is 0 Å². The van der Waals surface area contributed by atoms with E-state index in [9.17, 15) is 19.8 Å². The maximum absolute atomic E-state index is 13.9. The Morgan fingerprint density at radius 2 is 1.75 bits per heavy atom. The van der Waals surface area contributed by atoms with Crippen molar-refractivity contribution in [1.29, 1.82) is 0 Å². The number of thioether (sulfide) groups is 1. The van der Waals surface area contributed by atoms with Gasteiger partial charge in [-0.2, -0.15) is 11.8 Å². The Kier molecular flexibility index (Phi) is 6.74. The third-order valence-corrected chi connectivity index (χ3v) is 7.27. The fourth-order valence-corrected chi connectivity index (χ4v) is 5.03. The minimum atomic E-state index is -0.296. The highest BCUT2D eigenvalue weighted by molar-refractivity contribution is 7.98. The molecule has 10 heteroatoms. The van der Waals surface area contributed by atoms with Crippen molar-refractivity contribution in [3.05, 3.63) is 51.9 Å². The highest BCUT2D eigenvalue weighted by atomic mass is 32.2. The Bertz CT molecular complexity index is 1550. The van der Waals surface area contributed by atoms with Crippen LogP contribution in [0.3, 0.4) is 0 Å². The van der Waals surface area contributed by atoms with Crippen molar-refractivity contribution in [1.82, 2.24) is 14.5 Å². The van der Waals surface area contributed by atoms with Crippen molar-refractivity contribution < 1.29 is 24.5 Å². The molecule has 2 aromatic carbocycles. The Labute approximate surface area is 211 Å². The predicted molar refractivity (Wildman–Crippen MR) is 140 cm³/mol. The molecule has 0 spiro atoms. The molecule has 1 aliphatic heterocycles. The average molecular weight is 510 g/mol. The van der Waals surface area contributed by atoms with Gasteiger partial charge in [0, 0.05) is 60.7 Å². The van der Waals surface area contributed by atoms with Gasteiger partial charge in [0.15, 0.2) is 11.5 Å². The molecule has 0 saturated heterocycles. The molecule has 0 bridgehead atoms. The molecule has 1 aliphatic rings. The van der Waals surface area contributed by atoms with Gasteiger partial charge in [0.2, 0.25) is 12.7 Å². The number of carbonyl (C=O) groups is 1. The third kappa shape index (κ3) is 4.15. The molecule has 188 valence electrons. The van der Waals surface area contributed by atoms with Crippen LogP contribution in [0.1, 0.15) is 17.5 Å². The minimum Gasteiger partial charge on any atom is -0.454 e. The van der Waals surface area contributed by atoms with Crippen molar-refractivity contribution in [2.75, 3.05) is 32.4 Å². The Morgan fingerprint density at radius 3 is 2.44 bits per heavy atom. The zero-order chi connectivity index (χ0) is 25.4. The fraction of sp³-hybridized carbons (Fsp3) is 0.346. The first-order valence-electron chi connectivity index (χ1n) is 11.6. The van der Waals surface area contributed by atoms with Crippen molar-refractivity contribution in [3.8, 4) is 11.5 Å². The minimum absolute atomic E-state index is 0.0209. The normalized spacial score (nSPS) is 12.7. The van der Waals surface area contributed by atoms with E-state index in [2.05, 4.69) is 4.98 Å². The zero-order valence-corrected chi connectivity index (χ0v) is 20.9. The summed E-state index contributed by atoms with van der Waals surface area (Å²) < 4.78 is 12.8. The monoisotopic (exact) mass is 509 g/mol. The largest absolute Gasteiger partial charge is 0.454 e. The maximum Gasteiger partial charge on any atom is 0.259 e. The second-order valence-electron chi connectivity index (χ2n) is 8.74. The number of amides is 1. The van der Waals surface area contributed by atoms with Gasteiger partial charge in [-0.1, -0.05) is 0 Å². The molecule has 9 nitrogen and oxygen atoms in total. The molecule has 2 aromatic heterocycles. The van der Waals surface area contributed by atoms with E-state index in [0.29, 0.717) is 57.4 Å². The van der Waals surface area contributed by atoms with Crippen LogP contribution in [0.25, 0.3) is 32.6 Å². The quantitative estimate of drug-likeness (QED) is 0.349. The van der Waals surface area contributed by atoms with Gasteiger partial charge in [0.1, 0.15) is 0 Å². The number of hydrogen-bond donors (Lipinski definition) is 2. The standard InChI is InChI=1S/C26H27N3O6S/c1-28(24(32)3-6-36-2)4-5-29-25-19-9-22-23(35-14-34-22)10-21(19)27-11-20(25)17-7-15(12-30)16(13-31)8-18(17)26(29)33/h7-11,30-31H,3-6,12-14H2,1-2H3. The highest BCUT2D eigenvalue weighted by Crippen LogP contribution is 2.38. The van der Waals surface area contributed by atoms with Crippen molar-refractivity contribution >= 4 is 50.2 Å². The number of pyridine rings is 2. The van der Waals surface area contributed by atoms with Gasteiger partial charge in [-0.25, -0.2) is 0 Å². The molecule has 4 aromatic rings. The van der Waals surface area contributed by atoms with Gasteiger partial charge in [-0.3, -0.25) is 14.6 Å². The van der Waals surface area contributed by atoms with Crippen LogP contribution in [0.2, 0.25) is 0 Å². The van der Waals surface area contributed by atoms with Crippen LogP contribution in [0, 0.1) is 0 Å².